The highest BCUT2D eigenvalue weighted by Gasteiger charge is 2.18. The highest BCUT2D eigenvalue weighted by atomic mass is 16.5. The minimum Gasteiger partial charge on any atom is -0.373 e. The van der Waals surface area contributed by atoms with Crippen molar-refractivity contribution >= 4 is 55.7 Å². The number of benzene rings is 7. The van der Waals surface area contributed by atoms with E-state index in [4.69, 9.17) is 9.47 Å². The number of hydrogen-bond acceptors (Lipinski definition) is 4. The fourth-order valence-electron chi connectivity index (χ4n) is 6.39. The standard InChI is InChI=1S/C46H40N2O2/c1-3-26-49-33-35-12-9-18-41(28-35)47(45-24-22-37-14-5-7-16-39(37)30-45)43-20-11-21-44(32-43)48(42-19-10-13-36(29-42)34-50-27-4-2)46-25-23-38-15-6-8-17-40(38)31-46/h3-25,28-32H,1-2,26-27,33-34H2. The van der Waals surface area contributed by atoms with Gasteiger partial charge in [0.05, 0.1) is 26.4 Å². The Morgan fingerprint density at radius 2 is 0.760 bits per heavy atom. The number of hydrogen-bond donors (Lipinski definition) is 0. The van der Waals surface area contributed by atoms with Gasteiger partial charge in [0.15, 0.2) is 0 Å². The van der Waals surface area contributed by atoms with Crippen LogP contribution in [0, 0.1) is 0 Å². The van der Waals surface area contributed by atoms with Gasteiger partial charge in [-0.15, -0.1) is 13.2 Å². The molecule has 0 atom stereocenters. The Labute approximate surface area is 294 Å². The minimum absolute atomic E-state index is 0.507. The van der Waals surface area contributed by atoms with Gasteiger partial charge in [-0.2, -0.15) is 0 Å². The van der Waals surface area contributed by atoms with Crippen LogP contribution in [-0.4, -0.2) is 13.2 Å². The maximum atomic E-state index is 5.84. The van der Waals surface area contributed by atoms with Gasteiger partial charge in [0.25, 0.3) is 0 Å². The van der Waals surface area contributed by atoms with Gasteiger partial charge in [0.2, 0.25) is 0 Å². The summed E-state index contributed by atoms with van der Waals surface area (Å²) in [6.45, 7) is 9.62. The maximum absolute atomic E-state index is 5.84. The molecule has 0 saturated carbocycles. The Bertz CT molecular complexity index is 2100. The lowest BCUT2D eigenvalue weighted by Gasteiger charge is -2.30. The lowest BCUT2D eigenvalue weighted by molar-refractivity contribution is 0.149. The van der Waals surface area contributed by atoms with Crippen LogP contribution in [0.4, 0.5) is 34.1 Å². The fraction of sp³-hybridized carbons (Fsp3) is 0.0870. The smallest absolute Gasteiger partial charge is 0.0721 e. The number of rotatable bonds is 14. The molecule has 0 radical (unpaired) electrons. The molecule has 4 nitrogen and oxygen atoms in total. The highest BCUT2D eigenvalue weighted by Crippen LogP contribution is 2.42. The summed E-state index contributed by atoms with van der Waals surface area (Å²) in [6, 6.07) is 56.2. The zero-order chi connectivity index (χ0) is 34.1. The van der Waals surface area contributed by atoms with Crippen LogP contribution in [0.3, 0.4) is 0 Å². The number of fused-ring (bicyclic) bond motifs is 2. The molecule has 0 aliphatic heterocycles. The zero-order valence-corrected chi connectivity index (χ0v) is 28.1. The van der Waals surface area contributed by atoms with E-state index in [1.54, 1.807) is 12.2 Å². The van der Waals surface area contributed by atoms with Crippen molar-refractivity contribution in [1.82, 2.24) is 0 Å². The summed E-state index contributed by atoms with van der Waals surface area (Å²) in [4.78, 5) is 4.65. The Kier molecular flexibility index (Phi) is 10.1. The predicted octanol–water partition coefficient (Wildman–Crippen LogP) is 12.3. The molecule has 0 spiro atoms. The first-order chi connectivity index (χ1) is 24.7. The van der Waals surface area contributed by atoms with Gasteiger partial charge in [-0.1, -0.05) is 103 Å². The van der Waals surface area contributed by atoms with E-state index < -0.39 is 0 Å². The number of nitrogens with zero attached hydrogens (tertiary/aromatic N) is 2. The van der Waals surface area contributed by atoms with Crippen molar-refractivity contribution in [1.29, 1.82) is 0 Å². The normalized spacial score (nSPS) is 11.0. The fourth-order valence-corrected chi connectivity index (χ4v) is 6.39. The molecule has 4 heteroatoms. The first-order valence-electron chi connectivity index (χ1n) is 16.9. The molecule has 246 valence electrons. The van der Waals surface area contributed by atoms with Crippen LogP contribution in [-0.2, 0) is 22.7 Å². The third-order valence-electron chi connectivity index (χ3n) is 8.68. The lowest BCUT2D eigenvalue weighted by Crippen LogP contribution is -2.13. The molecule has 0 aromatic heterocycles. The van der Waals surface area contributed by atoms with Gasteiger partial charge in [0, 0.05) is 34.1 Å². The second-order valence-electron chi connectivity index (χ2n) is 12.2. The predicted molar refractivity (Wildman–Crippen MR) is 211 cm³/mol. The topological polar surface area (TPSA) is 24.9 Å². The molecule has 0 fully saturated rings. The molecule has 0 unspecified atom stereocenters. The Balaban J connectivity index is 1.37. The average molecular weight is 653 g/mol. The molecule has 0 aliphatic rings. The summed E-state index contributed by atoms with van der Waals surface area (Å²) in [7, 11) is 0. The van der Waals surface area contributed by atoms with Gasteiger partial charge in [-0.05, 0) is 99.4 Å². The Morgan fingerprint density at radius 3 is 1.20 bits per heavy atom. The quantitative estimate of drug-likeness (QED) is 0.0862. The Morgan fingerprint density at radius 1 is 0.380 bits per heavy atom. The molecule has 0 aliphatic carbocycles. The molecular weight excluding hydrogens is 613 g/mol. The number of ether oxygens (including phenoxy) is 2. The molecule has 50 heavy (non-hydrogen) atoms. The molecular formula is C46H40N2O2. The molecule has 0 amide bonds. The molecule has 7 rings (SSSR count). The SMILES string of the molecule is C=CCOCc1cccc(N(c2cccc(N(c3cccc(COCC=C)c3)c3ccc4ccccc4c3)c2)c2ccc3ccccc3c2)c1. The van der Waals surface area contributed by atoms with Crippen molar-refractivity contribution < 1.29 is 9.47 Å². The van der Waals surface area contributed by atoms with E-state index in [9.17, 15) is 0 Å². The summed E-state index contributed by atoms with van der Waals surface area (Å²) in [5.41, 5.74) is 8.52. The van der Waals surface area contributed by atoms with Crippen molar-refractivity contribution in [2.75, 3.05) is 23.0 Å². The van der Waals surface area contributed by atoms with E-state index in [1.807, 2.05) is 0 Å². The summed E-state index contributed by atoms with van der Waals surface area (Å²) in [5, 5.41) is 4.78. The molecule has 7 aromatic rings. The van der Waals surface area contributed by atoms with Gasteiger partial charge in [-0.3, -0.25) is 0 Å². The lowest BCUT2D eigenvalue weighted by atomic mass is 10.1. The molecule has 0 saturated heterocycles. The highest BCUT2D eigenvalue weighted by molar-refractivity contribution is 5.92. The van der Waals surface area contributed by atoms with Crippen molar-refractivity contribution in [3.05, 3.63) is 194 Å². The number of anilines is 6. The van der Waals surface area contributed by atoms with Crippen molar-refractivity contribution in [2.45, 2.75) is 13.2 Å². The first-order valence-corrected chi connectivity index (χ1v) is 16.9. The summed E-state index contributed by atoms with van der Waals surface area (Å²) >= 11 is 0. The maximum Gasteiger partial charge on any atom is 0.0721 e. The second kappa shape index (κ2) is 15.5. The monoisotopic (exact) mass is 652 g/mol. The van der Waals surface area contributed by atoms with E-state index in [0.717, 1.165) is 45.3 Å². The van der Waals surface area contributed by atoms with E-state index in [2.05, 4.69) is 181 Å². The summed E-state index contributed by atoms with van der Waals surface area (Å²) in [5.74, 6) is 0. The van der Waals surface area contributed by atoms with Gasteiger partial charge >= 0.3 is 0 Å². The third-order valence-corrected chi connectivity index (χ3v) is 8.68. The van der Waals surface area contributed by atoms with Crippen LogP contribution in [0.1, 0.15) is 11.1 Å². The van der Waals surface area contributed by atoms with Gasteiger partial charge < -0.3 is 19.3 Å². The van der Waals surface area contributed by atoms with Crippen molar-refractivity contribution in [3.63, 3.8) is 0 Å². The van der Waals surface area contributed by atoms with Crippen LogP contribution in [0.25, 0.3) is 21.5 Å². The van der Waals surface area contributed by atoms with Crippen LogP contribution >= 0.6 is 0 Å². The molecule has 0 N–H and O–H groups in total. The summed E-state index contributed by atoms with van der Waals surface area (Å²) < 4.78 is 11.7. The second-order valence-corrected chi connectivity index (χ2v) is 12.2. The zero-order valence-electron chi connectivity index (χ0n) is 28.1. The van der Waals surface area contributed by atoms with E-state index >= 15 is 0 Å². The van der Waals surface area contributed by atoms with Crippen molar-refractivity contribution in [3.8, 4) is 0 Å². The molecule has 7 aromatic carbocycles. The van der Waals surface area contributed by atoms with Gasteiger partial charge in [0.1, 0.15) is 0 Å². The average Bonchev–Trinajstić information content (AvgIpc) is 3.16. The van der Waals surface area contributed by atoms with E-state index in [0.29, 0.717) is 26.4 Å². The van der Waals surface area contributed by atoms with Crippen LogP contribution in [0.5, 0.6) is 0 Å². The third kappa shape index (κ3) is 7.37. The molecule has 0 heterocycles. The largest absolute Gasteiger partial charge is 0.373 e. The Hall–Kier alpha value is -5.94. The molecule has 0 bridgehead atoms. The van der Waals surface area contributed by atoms with Crippen LogP contribution in [0.15, 0.2) is 183 Å². The van der Waals surface area contributed by atoms with E-state index in [-0.39, 0.29) is 0 Å². The van der Waals surface area contributed by atoms with Crippen molar-refractivity contribution in [2.24, 2.45) is 0 Å². The van der Waals surface area contributed by atoms with Gasteiger partial charge in [-0.25, -0.2) is 0 Å². The summed E-state index contributed by atoms with van der Waals surface area (Å²) in [6.07, 6.45) is 3.56. The van der Waals surface area contributed by atoms with Crippen LogP contribution < -0.4 is 9.80 Å². The minimum atomic E-state index is 0.507. The van der Waals surface area contributed by atoms with E-state index in [1.165, 1.54) is 21.5 Å². The van der Waals surface area contributed by atoms with Crippen LogP contribution in [0.2, 0.25) is 0 Å². The first kappa shape index (κ1) is 32.6.